The summed E-state index contributed by atoms with van der Waals surface area (Å²) in [6.45, 7) is -0.421. The molecule has 0 bridgehead atoms. The van der Waals surface area contributed by atoms with Crippen LogP contribution in [0.15, 0.2) is 30.3 Å². The van der Waals surface area contributed by atoms with E-state index in [-0.39, 0.29) is 0 Å². The van der Waals surface area contributed by atoms with Crippen LogP contribution in [-0.2, 0) is 0 Å². The first-order chi connectivity index (χ1) is 7.88. The van der Waals surface area contributed by atoms with Crippen molar-refractivity contribution in [2.75, 3.05) is 13.6 Å². The molecule has 1 rings (SSSR count). The monoisotopic (exact) mass is 247 g/mol. The zero-order valence-corrected chi connectivity index (χ0v) is 9.20. The Morgan fingerprint density at radius 1 is 1.29 bits per heavy atom. The lowest BCUT2D eigenvalue weighted by Gasteiger charge is -2.17. The van der Waals surface area contributed by atoms with Crippen LogP contribution in [0, 0.1) is 0 Å². The zero-order chi connectivity index (χ0) is 12.9. The molecule has 0 saturated heterocycles. The molecule has 17 heavy (non-hydrogen) atoms. The van der Waals surface area contributed by atoms with Gasteiger partial charge < -0.3 is 9.64 Å². The molecule has 0 N–H and O–H groups in total. The van der Waals surface area contributed by atoms with Gasteiger partial charge in [-0.15, -0.1) is 0 Å². The van der Waals surface area contributed by atoms with Crippen LogP contribution in [0.4, 0.5) is 18.0 Å². The molecule has 0 radical (unpaired) electrons. The largest absolute Gasteiger partial charge is 0.414 e. The number of benzene rings is 1. The Kier molecular flexibility index (Phi) is 4.37. The van der Waals surface area contributed by atoms with Crippen LogP contribution in [-0.4, -0.2) is 30.8 Å². The van der Waals surface area contributed by atoms with Crippen molar-refractivity contribution in [3.8, 4) is 5.75 Å². The summed E-state index contributed by atoms with van der Waals surface area (Å²) < 4.78 is 40.6. The molecular weight excluding hydrogens is 235 g/mol. The van der Waals surface area contributed by atoms with E-state index in [9.17, 15) is 18.0 Å². The topological polar surface area (TPSA) is 29.5 Å². The van der Waals surface area contributed by atoms with E-state index in [4.69, 9.17) is 4.74 Å². The number of alkyl halides is 3. The highest BCUT2D eigenvalue weighted by Crippen LogP contribution is 2.19. The summed E-state index contributed by atoms with van der Waals surface area (Å²) in [4.78, 5) is 12.3. The van der Waals surface area contributed by atoms with Crippen molar-refractivity contribution in [1.29, 1.82) is 0 Å². The smallest absolute Gasteiger partial charge is 0.410 e. The number of carbonyl (C=O) groups is 1. The number of halogens is 3. The van der Waals surface area contributed by atoms with Gasteiger partial charge in [0.1, 0.15) is 5.75 Å². The molecule has 0 spiro atoms. The number of rotatable bonds is 3. The lowest BCUT2D eigenvalue weighted by Crippen LogP contribution is -2.32. The fraction of sp³-hybridized carbons (Fsp3) is 0.364. The maximum Gasteiger partial charge on any atom is 0.414 e. The van der Waals surface area contributed by atoms with Gasteiger partial charge in [-0.05, 0) is 12.1 Å². The van der Waals surface area contributed by atoms with Crippen molar-refractivity contribution in [3.63, 3.8) is 0 Å². The number of ether oxygens (including phenoxy) is 1. The van der Waals surface area contributed by atoms with E-state index in [1.807, 2.05) is 0 Å². The van der Waals surface area contributed by atoms with Gasteiger partial charge in [0.25, 0.3) is 0 Å². The predicted octanol–water partition coefficient (Wildman–Crippen LogP) is 3.07. The fourth-order valence-corrected chi connectivity index (χ4v) is 1.05. The van der Waals surface area contributed by atoms with E-state index in [1.165, 1.54) is 7.05 Å². The minimum absolute atomic E-state index is 0.302. The molecule has 0 aliphatic heterocycles. The molecule has 0 atom stereocenters. The van der Waals surface area contributed by atoms with Crippen LogP contribution in [0.2, 0.25) is 0 Å². The molecule has 0 heterocycles. The number of hydrogen-bond acceptors (Lipinski definition) is 2. The second-order valence-electron chi connectivity index (χ2n) is 3.47. The average molecular weight is 247 g/mol. The third kappa shape index (κ3) is 5.24. The second-order valence-corrected chi connectivity index (χ2v) is 3.47. The Labute approximate surface area is 96.8 Å². The molecule has 1 aromatic carbocycles. The number of amides is 1. The Morgan fingerprint density at radius 2 is 1.88 bits per heavy atom. The van der Waals surface area contributed by atoms with Crippen molar-refractivity contribution in [3.05, 3.63) is 30.3 Å². The van der Waals surface area contributed by atoms with Gasteiger partial charge in [0, 0.05) is 13.6 Å². The van der Waals surface area contributed by atoms with Gasteiger partial charge in [-0.1, -0.05) is 18.2 Å². The Bertz CT molecular complexity index is 365. The third-order valence-corrected chi connectivity index (χ3v) is 1.99. The molecule has 3 nitrogen and oxygen atoms in total. The van der Waals surface area contributed by atoms with E-state index >= 15 is 0 Å². The standard InChI is InChI=1S/C11H12F3NO2/c1-15(8-7-11(12,13)14)10(16)17-9-5-3-2-4-6-9/h2-6H,7-8H2,1H3. The number of carbonyl (C=O) groups excluding carboxylic acids is 1. The van der Waals surface area contributed by atoms with E-state index in [2.05, 4.69) is 0 Å². The first-order valence-electron chi connectivity index (χ1n) is 4.93. The van der Waals surface area contributed by atoms with E-state index in [0.717, 1.165) is 4.90 Å². The van der Waals surface area contributed by atoms with Crippen molar-refractivity contribution in [1.82, 2.24) is 4.90 Å². The van der Waals surface area contributed by atoms with Crippen LogP contribution < -0.4 is 4.74 Å². The summed E-state index contributed by atoms with van der Waals surface area (Å²) in [6.07, 6.45) is -6.13. The normalized spacial score (nSPS) is 11.1. The predicted molar refractivity (Wildman–Crippen MR) is 55.8 cm³/mol. The second kappa shape index (κ2) is 5.56. The van der Waals surface area contributed by atoms with Gasteiger partial charge in [-0.3, -0.25) is 0 Å². The molecule has 1 aromatic rings. The minimum atomic E-state index is -4.28. The highest BCUT2D eigenvalue weighted by molar-refractivity contribution is 5.70. The Morgan fingerprint density at radius 3 is 2.41 bits per heavy atom. The molecule has 0 saturated carbocycles. The molecule has 0 fully saturated rings. The Hall–Kier alpha value is -1.72. The maximum atomic E-state index is 11.9. The number of hydrogen-bond donors (Lipinski definition) is 0. The summed E-state index contributed by atoms with van der Waals surface area (Å²) >= 11 is 0. The molecule has 0 aliphatic carbocycles. The first kappa shape index (κ1) is 13.3. The van der Waals surface area contributed by atoms with Gasteiger partial charge in [-0.25, -0.2) is 4.79 Å². The van der Waals surface area contributed by atoms with E-state index in [1.54, 1.807) is 30.3 Å². The van der Waals surface area contributed by atoms with E-state index in [0.29, 0.717) is 5.75 Å². The summed E-state index contributed by atoms with van der Waals surface area (Å²) in [6, 6.07) is 8.17. The van der Waals surface area contributed by atoms with E-state index < -0.39 is 25.2 Å². The van der Waals surface area contributed by atoms with Gasteiger partial charge in [-0.2, -0.15) is 13.2 Å². The molecule has 94 valence electrons. The van der Waals surface area contributed by atoms with Crippen LogP contribution in [0.25, 0.3) is 0 Å². The molecule has 0 aliphatic rings. The number of para-hydroxylation sites is 1. The van der Waals surface area contributed by atoms with Crippen LogP contribution >= 0.6 is 0 Å². The summed E-state index contributed by atoms with van der Waals surface area (Å²) in [5.41, 5.74) is 0. The summed E-state index contributed by atoms with van der Waals surface area (Å²) in [5, 5.41) is 0. The van der Waals surface area contributed by atoms with Crippen molar-refractivity contribution in [2.24, 2.45) is 0 Å². The lowest BCUT2D eigenvalue weighted by atomic mass is 10.3. The molecule has 0 unspecified atom stereocenters. The summed E-state index contributed by atoms with van der Waals surface area (Å²) in [7, 11) is 1.26. The molecule has 1 amide bonds. The van der Waals surface area contributed by atoms with Crippen molar-refractivity contribution in [2.45, 2.75) is 12.6 Å². The highest BCUT2D eigenvalue weighted by atomic mass is 19.4. The zero-order valence-electron chi connectivity index (χ0n) is 9.20. The molecule has 0 aromatic heterocycles. The number of nitrogens with zero attached hydrogens (tertiary/aromatic N) is 1. The third-order valence-electron chi connectivity index (χ3n) is 1.99. The SMILES string of the molecule is CN(CCC(F)(F)F)C(=O)Oc1ccccc1. The average Bonchev–Trinajstić information content (AvgIpc) is 2.26. The van der Waals surface area contributed by atoms with Gasteiger partial charge >= 0.3 is 12.3 Å². The molecular formula is C11H12F3NO2. The van der Waals surface area contributed by atoms with Crippen LogP contribution in [0.3, 0.4) is 0 Å². The minimum Gasteiger partial charge on any atom is -0.410 e. The fourth-order valence-electron chi connectivity index (χ4n) is 1.05. The molecule has 6 heteroatoms. The van der Waals surface area contributed by atoms with Gasteiger partial charge in [0.15, 0.2) is 0 Å². The van der Waals surface area contributed by atoms with Gasteiger partial charge in [0.05, 0.1) is 6.42 Å². The van der Waals surface area contributed by atoms with Crippen molar-refractivity contribution >= 4 is 6.09 Å². The van der Waals surface area contributed by atoms with Crippen LogP contribution in [0.5, 0.6) is 5.75 Å². The van der Waals surface area contributed by atoms with Crippen LogP contribution in [0.1, 0.15) is 6.42 Å². The lowest BCUT2D eigenvalue weighted by molar-refractivity contribution is -0.136. The maximum absolute atomic E-state index is 11.9. The summed E-state index contributed by atoms with van der Waals surface area (Å²) in [5.74, 6) is 0.302. The first-order valence-corrected chi connectivity index (χ1v) is 4.93. The quantitative estimate of drug-likeness (QED) is 0.821. The van der Waals surface area contributed by atoms with Crippen molar-refractivity contribution < 1.29 is 22.7 Å². The van der Waals surface area contributed by atoms with Gasteiger partial charge in [0.2, 0.25) is 0 Å². The highest BCUT2D eigenvalue weighted by Gasteiger charge is 2.28. The Balaban J connectivity index is 2.43.